The van der Waals surface area contributed by atoms with Crippen molar-refractivity contribution in [3.05, 3.63) is 71.8 Å². The Labute approximate surface area is 201 Å². The van der Waals surface area contributed by atoms with Gasteiger partial charge in [0.15, 0.2) is 0 Å². The Morgan fingerprint density at radius 1 is 1.00 bits per heavy atom. The van der Waals surface area contributed by atoms with Crippen LogP contribution >= 0.6 is 0 Å². The zero-order valence-corrected chi connectivity index (χ0v) is 20.9. The molecule has 2 unspecified atom stereocenters. The molecular formula is C29H43NO3. The predicted octanol–water partition coefficient (Wildman–Crippen LogP) is 5.87. The van der Waals surface area contributed by atoms with Crippen LogP contribution in [0.2, 0.25) is 0 Å². The number of aliphatic hydroxyl groups is 1. The molecule has 0 saturated carbocycles. The molecule has 2 atom stereocenters. The highest BCUT2D eigenvalue weighted by atomic mass is 16.3. The SMILES string of the molecule is C#C.C=CCC(C)O.Cc1cc(CC(C)CN2CCCC2)ccc1O.Cc1ccc(O)cc1. The number of rotatable bonds is 6. The van der Waals surface area contributed by atoms with E-state index < -0.39 is 0 Å². The van der Waals surface area contributed by atoms with E-state index in [0.717, 1.165) is 12.0 Å². The first-order valence-corrected chi connectivity index (χ1v) is 11.6. The van der Waals surface area contributed by atoms with Crippen molar-refractivity contribution in [2.45, 2.75) is 59.5 Å². The summed E-state index contributed by atoms with van der Waals surface area (Å²) in [6.45, 7) is 15.2. The molecule has 0 aromatic heterocycles. The lowest BCUT2D eigenvalue weighted by atomic mass is 9.99. The fourth-order valence-corrected chi connectivity index (χ4v) is 3.50. The van der Waals surface area contributed by atoms with Gasteiger partial charge >= 0.3 is 0 Å². The third kappa shape index (κ3) is 14.9. The van der Waals surface area contributed by atoms with Crippen LogP contribution in [0.4, 0.5) is 0 Å². The third-order valence-electron chi connectivity index (χ3n) is 5.16. The zero-order valence-electron chi connectivity index (χ0n) is 20.9. The zero-order chi connectivity index (χ0) is 25.2. The smallest absolute Gasteiger partial charge is 0.118 e. The number of aliphatic hydroxyl groups excluding tert-OH is 1. The molecule has 0 bridgehead atoms. The van der Waals surface area contributed by atoms with Crippen molar-refractivity contribution < 1.29 is 15.3 Å². The molecule has 2 aromatic rings. The van der Waals surface area contributed by atoms with E-state index in [1.54, 1.807) is 25.1 Å². The lowest BCUT2D eigenvalue weighted by molar-refractivity contribution is 0.198. The van der Waals surface area contributed by atoms with Gasteiger partial charge in [-0.05, 0) is 94.8 Å². The number of hydrogen-bond acceptors (Lipinski definition) is 4. The second-order valence-corrected chi connectivity index (χ2v) is 8.65. The number of aryl methyl sites for hydroxylation is 2. The highest BCUT2D eigenvalue weighted by Gasteiger charge is 2.15. The number of terminal acetylenes is 1. The number of phenols is 2. The van der Waals surface area contributed by atoms with Gasteiger partial charge in [0.1, 0.15) is 11.5 Å². The normalized spacial score (nSPS) is 14.3. The summed E-state index contributed by atoms with van der Waals surface area (Å²) in [6.07, 6.45) is 14.0. The van der Waals surface area contributed by atoms with E-state index in [2.05, 4.69) is 37.3 Å². The van der Waals surface area contributed by atoms with Crippen molar-refractivity contribution in [1.29, 1.82) is 0 Å². The molecule has 4 nitrogen and oxygen atoms in total. The molecule has 182 valence electrons. The van der Waals surface area contributed by atoms with Gasteiger partial charge in [-0.25, -0.2) is 0 Å². The molecule has 0 radical (unpaired) electrons. The monoisotopic (exact) mass is 453 g/mol. The average Bonchev–Trinajstić information content (AvgIpc) is 3.28. The summed E-state index contributed by atoms with van der Waals surface area (Å²) in [6, 6.07) is 13.1. The molecule has 0 spiro atoms. The van der Waals surface area contributed by atoms with Gasteiger partial charge in [0.25, 0.3) is 0 Å². The van der Waals surface area contributed by atoms with E-state index in [0.29, 0.717) is 23.8 Å². The van der Waals surface area contributed by atoms with Crippen molar-refractivity contribution in [3.63, 3.8) is 0 Å². The number of likely N-dealkylation sites (tertiary alicyclic amines) is 1. The van der Waals surface area contributed by atoms with Crippen molar-refractivity contribution >= 4 is 0 Å². The molecule has 1 aliphatic heterocycles. The Kier molecular flexibility index (Phi) is 16.3. The van der Waals surface area contributed by atoms with E-state index in [-0.39, 0.29) is 6.10 Å². The van der Waals surface area contributed by atoms with Crippen molar-refractivity contribution in [3.8, 4) is 24.3 Å². The summed E-state index contributed by atoms with van der Waals surface area (Å²) in [5.74, 6) is 1.42. The van der Waals surface area contributed by atoms with Crippen LogP contribution in [0, 0.1) is 32.6 Å². The van der Waals surface area contributed by atoms with E-state index in [4.69, 9.17) is 10.2 Å². The maximum Gasteiger partial charge on any atom is 0.118 e. The summed E-state index contributed by atoms with van der Waals surface area (Å²) in [5, 5.41) is 26.7. The van der Waals surface area contributed by atoms with Crippen LogP contribution in [0.25, 0.3) is 0 Å². The van der Waals surface area contributed by atoms with Gasteiger partial charge in [-0.2, -0.15) is 0 Å². The van der Waals surface area contributed by atoms with Crippen LogP contribution in [0.15, 0.2) is 55.1 Å². The molecule has 2 aromatic carbocycles. The Balaban J connectivity index is 0.000000532. The summed E-state index contributed by atoms with van der Waals surface area (Å²) < 4.78 is 0. The quantitative estimate of drug-likeness (QED) is 0.378. The van der Waals surface area contributed by atoms with Gasteiger partial charge in [-0.3, -0.25) is 0 Å². The summed E-state index contributed by atoms with van der Waals surface area (Å²) in [4.78, 5) is 2.57. The first-order valence-electron chi connectivity index (χ1n) is 11.6. The molecule has 3 rings (SSSR count). The van der Waals surface area contributed by atoms with Crippen LogP contribution < -0.4 is 0 Å². The van der Waals surface area contributed by atoms with Crippen LogP contribution in [-0.4, -0.2) is 46.0 Å². The first-order chi connectivity index (χ1) is 15.7. The fourth-order valence-electron chi connectivity index (χ4n) is 3.50. The standard InChI is InChI=1S/C15H23NO.C7H8O.C5H10O.C2H2/c1-12(11-16-7-3-4-8-16)9-14-5-6-15(17)13(2)10-14;1-6-2-4-7(8)5-3-6;1-3-4-5(2)6;1-2/h5-6,10,12,17H,3-4,7-9,11H2,1-2H3;2-5,8H,1H3;3,5-6H,1,4H2,2H3;1-2H. The summed E-state index contributed by atoms with van der Waals surface area (Å²) in [7, 11) is 0. The highest BCUT2D eigenvalue weighted by Crippen LogP contribution is 2.20. The maximum absolute atomic E-state index is 9.50. The first kappa shape index (κ1) is 30.3. The average molecular weight is 454 g/mol. The van der Waals surface area contributed by atoms with Crippen LogP contribution in [-0.2, 0) is 6.42 Å². The molecule has 1 saturated heterocycles. The Morgan fingerprint density at radius 3 is 2.00 bits per heavy atom. The van der Waals surface area contributed by atoms with E-state index in [1.165, 1.54) is 43.6 Å². The van der Waals surface area contributed by atoms with Crippen LogP contribution in [0.3, 0.4) is 0 Å². The van der Waals surface area contributed by atoms with Gasteiger partial charge in [0.2, 0.25) is 0 Å². The minimum atomic E-state index is -0.220. The topological polar surface area (TPSA) is 63.9 Å². The van der Waals surface area contributed by atoms with Gasteiger partial charge in [-0.15, -0.1) is 19.4 Å². The van der Waals surface area contributed by atoms with Gasteiger partial charge in [-0.1, -0.05) is 42.8 Å². The highest BCUT2D eigenvalue weighted by molar-refractivity contribution is 5.35. The van der Waals surface area contributed by atoms with Crippen LogP contribution in [0.1, 0.15) is 49.8 Å². The summed E-state index contributed by atoms with van der Waals surface area (Å²) in [5.41, 5.74) is 3.49. The molecule has 3 N–H and O–H groups in total. The van der Waals surface area contributed by atoms with Crippen molar-refractivity contribution in [2.75, 3.05) is 19.6 Å². The minimum absolute atomic E-state index is 0.220. The van der Waals surface area contributed by atoms with Crippen molar-refractivity contribution in [1.82, 2.24) is 4.90 Å². The molecule has 1 heterocycles. The van der Waals surface area contributed by atoms with E-state index in [1.807, 2.05) is 38.1 Å². The molecule has 0 amide bonds. The minimum Gasteiger partial charge on any atom is -0.508 e. The van der Waals surface area contributed by atoms with E-state index in [9.17, 15) is 5.11 Å². The number of nitrogens with zero attached hydrogens (tertiary/aromatic N) is 1. The number of benzene rings is 2. The van der Waals surface area contributed by atoms with Crippen molar-refractivity contribution in [2.24, 2.45) is 5.92 Å². The number of hydrogen-bond donors (Lipinski definition) is 3. The molecule has 1 aliphatic rings. The molecule has 1 fully saturated rings. The van der Waals surface area contributed by atoms with E-state index >= 15 is 0 Å². The Morgan fingerprint density at radius 2 is 1.58 bits per heavy atom. The van der Waals surface area contributed by atoms with Gasteiger partial charge in [0.05, 0.1) is 6.10 Å². The number of aromatic hydroxyl groups is 2. The predicted molar refractivity (Wildman–Crippen MR) is 141 cm³/mol. The molecule has 0 aliphatic carbocycles. The molecule has 33 heavy (non-hydrogen) atoms. The van der Waals surface area contributed by atoms with Gasteiger partial charge in [0, 0.05) is 6.54 Å². The number of phenolic OH excluding ortho intramolecular Hbond substituents is 2. The lowest BCUT2D eigenvalue weighted by Crippen LogP contribution is -2.26. The lowest BCUT2D eigenvalue weighted by Gasteiger charge is -2.20. The molecular weight excluding hydrogens is 410 g/mol. The Hall–Kier alpha value is -2.74. The second-order valence-electron chi connectivity index (χ2n) is 8.65. The molecule has 4 heteroatoms. The van der Waals surface area contributed by atoms with Gasteiger partial charge < -0.3 is 20.2 Å². The third-order valence-corrected chi connectivity index (χ3v) is 5.16. The Bertz CT molecular complexity index is 769. The summed E-state index contributed by atoms with van der Waals surface area (Å²) >= 11 is 0. The maximum atomic E-state index is 9.50. The van der Waals surface area contributed by atoms with Crippen LogP contribution in [0.5, 0.6) is 11.5 Å². The second kappa shape index (κ2) is 17.8. The largest absolute Gasteiger partial charge is 0.508 e. The fraction of sp³-hybridized carbons (Fsp3) is 0.448.